The van der Waals surface area contributed by atoms with E-state index in [2.05, 4.69) is 5.32 Å². The molecule has 0 saturated carbocycles. The number of Topliss-reactive ketones (excluding diaryl/α,β-unsaturated/α-hetero) is 1. The number of ether oxygens (including phenoxy) is 1. The van der Waals surface area contributed by atoms with Gasteiger partial charge in [-0.05, 0) is 37.3 Å². The zero-order valence-electron chi connectivity index (χ0n) is 16.2. The first-order valence-corrected chi connectivity index (χ1v) is 9.09. The van der Waals surface area contributed by atoms with Crippen LogP contribution in [-0.4, -0.2) is 51.4 Å². The summed E-state index contributed by atoms with van der Waals surface area (Å²) in [5.41, 5.74) is 1.00. The molecule has 0 saturated heterocycles. The van der Waals surface area contributed by atoms with Crippen LogP contribution in [0.5, 0.6) is 5.75 Å². The van der Waals surface area contributed by atoms with Crippen LogP contribution in [0.1, 0.15) is 33.6 Å². The molecule has 2 aromatic rings. The average Bonchev–Trinajstić information content (AvgIpc) is 3.12. The number of furan rings is 1. The number of rotatable bonds is 7. The maximum absolute atomic E-state index is 12.4. The summed E-state index contributed by atoms with van der Waals surface area (Å²) >= 11 is 0. The number of amides is 2. The molecule has 0 atom stereocenters. The Bertz CT molecular complexity index is 903. The van der Waals surface area contributed by atoms with Gasteiger partial charge in [0.25, 0.3) is 11.8 Å². The van der Waals surface area contributed by atoms with Crippen LogP contribution in [0.3, 0.4) is 0 Å². The molecule has 8 heteroatoms. The monoisotopic (exact) mass is 386 g/mol. The molecule has 1 aliphatic heterocycles. The molecule has 28 heavy (non-hydrogen) atoms. The van der Waals surface area contributed by atoms with Gasteiger partial charge >= 0.3 is 0 Å². The van der Waals surface area contributed by atoms with E-state index in [1.165, 1.54) is 16.7 Å². The molecule has 0 unspecified atom stereocenters. The fourth-order valence-electron chi connectivity index (χ4n) is 2.85. The topological polar surface area (TPSA) is 93.3 Å². The van der Waals surface area contributed by atoms with E-state index in [1.54, 1.807) is 30.3 Å². The minimum Gasteiger partial charge on any atom is -0.482 e. The van der Waals surface area contributed by atoms with E-state index in [4.69, 9.17) is 9.15 Å². The van der Waals surface area contributed by atoms with E-state index in [0.29, 0.717) is 29.3 Å². The molecule has 0 spiro atoms. The third-order valence-corrected chi connectivity index (χ3v) is 4.42. The van der Waals surface area contributed by atoms with Gasteiger partial charge in [0.15, 0.2) is 18.2 Å². The van der Waals surface area contributed by atoms with Gasteiger partial charge in [-0.1, -0.05) is 0 Å². The summed E-state index contributed by atoms with van der Waals surface area (Å²) < 4.78 is 11.1. The van der Waals surface area contributed by atoms with Crippen molar-refractivity contribution in [2.24, 2.45) is 0 Å². The van der Waals surface area contributed by atoms with Crippen molar-refractivity contribution in [3.63, 3.8) is 0 Å². The Balaban J connectivity index is 1.75. The number of carbonyl (C=O) groups excluding carboxylic acids is 3. The fourth-order valence-corrected chi connectivity index (χ4v) is 2.85. The Labute approximate surface area is 163 Å². The summed E-state index contributed by atoms with van der Waals surface area (Å²) in [6.45, 7) is 2.86. The third kappa shape index (κ3) is 4.40. The Morgan fingerprint density at radius 1 is 1.21 bits per heavy atom. The van der Waals surface area contributed by atoms with Crippen LogP contribution in [0.15, 0.2) is 34.7 Å². The van der Waals surface area contributed by atoms with Crippen LogP contribution in [0, 0.1) is 0 Å². The first-order valence-electron chi connectivity index (χ1n) is 9.09. The lowest BCUT2D eigenvalue weighted by atomic mass is 10.1. The molecular weight excluding hydrogens is 362 g/mol. The lowest BCUT2D eigenvalue weighted by Crippen LogP contribution is -3.06. The third-order valence-electron chi connectivity index (χ3n) is 4.42. The van der Waals surface area contributed by atoms with Crippen molar-refractivity contribution in [2.45, 2.75) is 13.5 Å². The summed E-state index contributed by atoms with van der Waals surface area (Å²) in [6.07, 6.45) is 0. The molecule has 0 radical (unpaired) electrons. The van der Waals surface area contributed by atoms with Gasteiger partial charge in [-0.25, -0.2) is 0 Å². The maximum atomic E-state index is 12.4. The lowest BCUT2D eigenvalue weighted by molar-refractivity contribution is -0.856. The molecule has 0 bridgehead atoms. The predicted octanol–water partition coefficient (Wildman–Crippen LogP) is 0.282. The highest BCUT2D eigenvalue weighted by Gasteiger charge is 2.27. The summed E-state index contributed by atoms with van der Waals surface area (Å²) in [4.78, 5) is 39.0. The Hall–Kier alpha value is -3.13. The highest BCUT2D eigenvalue weighted by molar-refractivity contribution is 6.01. The number of nitrogens with zero attached hydrogens (tertiary/aromatic N) is 1. The molecule has 0 aliphatic carbocycles. The number of ketones is 1. The first kappa shape index (κ1) is 19.6. The number of nitrogens with one attached hydrogen (secondary N) is 2. The van der Waals surface area contributed by atoms with Crippen LogP contribution in [0.4, 0.5) is 5.69 Å². The Kier molecular flexibility index (Phi) is 5.79. The lowest BCUT2D eigenvalue weighted by Gasteiger charge is -2.29. The van der Waals surface area contributed by atoms with Gasteiger partial charge in [0.1, 0.15) is 11.5 Å². The average molecular weight is 386 g/mol. The molecule has 8 nitrogen and oxygen atoms in total. The van der Waals surface area contributed by atoms with Gasteiger partial charge in [0.05, 0.1) is 39.4 Å². The standard InChI is InChI=1S/C20H23N3O5/c1-13(24)14-4-6-17-16(10-14)23(19(25)12-27-17)11-15-5-7-18(28-15)20(26)21-8-9-22(2)3/h4-7,10H,8-9,11-12H2,1-3H3,(H,21,26)/p+1. The summed E-state index contributed by atoms with van der Waals surface area (Å²) in [7, 11) is 4.01. The van der Waals surface area contributed by atoms with Crippen molar-refractivity contribution in [3.05, 3.63) is 47.4 Å². The zero-order chi connectivity index (χ0) is 20.3. The molecule has 2 heterocycles. The second-order valence-corrected chi connectivity index (χ2v) is 6.99. The van der Waals surface area contributed by atoms with Crippen LogP contribution in [0.25, 0.3) is 0 Å². The van der Waals surface area contributed by atoms with Crippen molar-refractivity contribution >= 4 is 23.3 Å². The summed E-state index contributed by atoms with van der Waals surface area (Å²) in [6, 6.07) is 8.24. The van der Waals surface area contributed by atoms with Crippen molar-refractivity contribution in [1.82, 2.24) is 5.32 Å². The number of fused-ring (bicyclic) bond motifs is 1. The van der Waals surface area contributed by atoms with E-state index in [1.807, 2.05) is 14.1 Å². The van der Waals surface area contributed by atoms with E-state index in [9.17, 15) is 14.4 Å². The number of benzene rings is 1. The zero-order valence-corrected chi connectivity index (χ0v) is 16.2. The van der Waals surface area contributed by atoms with Crippen LogP contribution in [0.2, 0.25) is 0 Å². The number of hydrogen-bond acceptors (Lipinski definition) is 5. The number of likely N-dealkylation sites (N-methyl/N-ethyl adjacent to an activating group) is 1. The number of hydrogen-bond donors (Lipinski definition) is 2. The van der Waals surface area contributed by atoms with Crippen LogP contribution in [-0.2, 0) is 11.3 Å². The normalized spacial score (nSPS) is 13.3. The molecule has 1 aliphatic rings. The molecule has 1 aromatic heterocycles. The number of carbonyl (C=O) groups is 3. The second kappa shape index (κ2) is 8.26. The largest absolute Gasteiger partial charge is 0.482 e. The Morgan fingerprint density at radius 3 is 2.71 bits per heavy atom. The molecular formula is C20H24N3O5+. The van der Waals surface area contributed by atoms with Gasteiger partial charge in [0, 0.05) is 5.56 Å². The molecule has 148 valence electrons. The van der Waals surface area contributed by atoms with Crippen LogP contribution < -0.4 is 19.9 Å². The van der Waals surface area contributed by atoms with E-state index in [-0.39, 0.29) is 36.5 Å². The van der Waals surface area contributed by atoms with E-state index in [0.717, 1.165) is 6.54 Å². The SMILES string of the molecule is CC(=O)c1ccc2c(c1)N(Cc1ccc(C(=O)NCC[NH+](C)C)o1)C(=O)CO2. The minimum absolute atomic E-state index is 0.0899. The molecule has 0 fully saturated rings. The maximum Gasteiger partial charge on any atom is 0.287 e. The molecule has 1 aromatic carbocycles. The van der Waals surface area contributed by atoms with Crippen molar-refractivity contribution in [3.8, 4) is 5.75 Å². The van der Waals surface area contributed by atoms with Crippen LogP contribution >= 0.6 is 0 Å². The summed E-state index contributed by atoms with van der Waals surface area (Å²) in [5.74, 6) is 0.558. The highest BCUT2D eigenvalue weighted by atomic mass is 16.5. The number of anilines is 1. The van der Waals surface area contributed by atoms with Crippen molar-refractivity contribution < 1.29 is 28.4 Å². The molecule has 3 rings (SSSR count). The fraction of sp³-hybridized carbons (Fsp3) is 0.350. The second-order valence-electron chi connectivity index (χ2n) is 6.99. The van der Waals surface area contributed by atoms with E-state index >= 15 is 0 Å². The number of quaternary nitrogens is 1. The molecule has 2 N–H and O–H groups in total. The smallest absolute Gasteiger partial charge is 0.287 e. The van der Waals surface area contributed by atoms with Gasteiger partial charge < -0.3 is 19.4 Å². The molecule has 2 amide bonds. The Morgan fingerprint density at radius 2 is 2.00 bits per heavy atom. The van der Waals surface area contributed by atoms with E-state index < -0.39 is 0 Å². The predicted molar refractivity (Wildman–Crippen MR) is 102 cm³/mol. The summed E-state index contributed by atoms with van der Waals surface area (Å²) in [5, 5.41) is 2.80. The first-order chi connectivity index (χ1) is 13.3. The van der Waals surface area contributed by atoms with Gasteiger partial charge in [0.2, 0.25) is 0 Å². The van der Waals surface area contributed by atoms with Crippen molar-refractivity contribution in [2.75, 3.05) is 38.7 Å². The quantitative estimate of drug-likeness (QED) is 0.667. The van der Waals surface area contributed by atoms with Gasteiger partial charge in [-0.3, -0.25) is 19.3 Å². The van der Waals surface area contributed by atoms with Gasteiger partial charge in [-0.15, -0.1) is 0 Å². The minimum atomic E-state index is -0.292. The van der Waals surface area contributed by atoms with Gasteiger partial charge in [-0.2, -0.15) is 0 Å². The highest BCUT2D eigenvalue weighted by Crippen LogP contribution is 2.34. The van der Waals surface area contributed by atoms with Crippen molar-refractivity contribution in [1.29, 1.82) is 0 Å².